The Morgan fingerprint density at radius 2 is 1.54 bits per heavy atom. The van der Waals surface area contributed by atoms with Crippen LogP contribution in [0.3, 0.4) is 0 Å². The molecule has 3 aromatic rings. The highest BCUT2D eigenvalue weighted by Crippen LogP contribution is 2.22. The predicted molar refractivity (Wildman–Crippen MR) is 102 cm³/mol. The molecular formula is C21H23N3. The van der Waals surface area contributed by atoms with Crippen LogP contribution < -0.4 is 5.43 Å². The maximum Gasteiger partial charge on any atom is 0.0562 e. The summed E-state index contributed by atoms with van der Waals surface area (Å²) in [5.41, 5.74) is 11.3. The molecule has 0 saturated carbocycles. The molecule has 0 fully saturated rings. The number of rotatable bonds is 4. The number of hydrazone groups is 1. The topological polar surface area (TPSA) is 29.3 Å². The first-order chi connectivity index (χ1) is 11.5. The summed E-state index contributed by atoms with van der Waals surface area (Å²) in [4.78, 5) is 0. The molecule has 24 heavy (non-hydrogen) atoms. The van der Waals surface area contributed by atoms with E-state index in [1.54, 1.807) is 0 Å². The molecular weight excluding hydrogens is 294 g/mol. The number of aromatic nitrogens is 1. The van der Waals surface area contributed by atoms with Crippen LogP contribution in [-0.2, 0) is 0 Å². The van der Waals surface area contributed by atoms with Crippen LogP contribution in [0, 0.1) is 27.7 Å². The Bertz CT molecular complexity index is 853. The molecule has 0 radical (unpaired) electrons. The number of nitrogens with zero attached hydrogens (tertiary/aromatic N) is 2. The zero-order valence-corrected chi connectivity index (χ0v) is 14.7. The van der Waals surface area contributed by atoms with Gasteiger partial charge in [-0.1, -0.05) is 24.3 Å². The third-order valence-electron chi connectivity index (χ3n) is 4.11. The highest BCUT2D eigenvalue weighted by atomic mass is 15.3. The third-order valence-corrected chi connectivity index (χ3v) is 4.11. The molecule has 0 aliphatic carbocycles. The molecule has 0 aliphatic rings. The van der Waals surface area contributed by atoms with Crippen molar-refractivity contribution in [1.82, 2.24) is 4.57 Å². The van der Waals surface area contributed by atoms with Crippen LogP contribution in [0.5, 0.6) is 0 Å². The lowest BCUT2D eigenvalue weighted by Gasteiger charge is -2.11. The van der Waals surface area contributed by atoms with Crippen molar-refractivity contribution in [3.8, 4) is 5.69 Å². The van der Waals surface area contributed by atoms with E-state index < -0.39 is 0 Å². The van der Waals surface area contributed by atoms with Crippen LogP contribution in [0.4, 0.5) is 5.69 Å². The molecule has 0 atom stereocenters. The number of aryl methyl sites for hydroxylation is 3. The lowest BCUT2D eigenvalue weighted by Crippen LogP contribution is -2.01. The Morgan fingerprint density at radius 3 is 2.21 bits per heavy atom. The molecule has 1 N–H and O–H groups in total. The van der Waals surface area contributed by atoms with Crippen molar-refractivity contribution in [1.29, 1.82) is 0 Å². The number of hydrogen-bond acceptors (Lipinski definition) is 2. The van der Waals surface area contributed by atoms with Crippen LogP contribution in [0.25, 0.3) is 5.69 Å². The predicted octanol–water partition coefficient (Wildman–Crippen LogP) is 5.16. The van der Waals surface area contributed by atoms with Crippen molar-refractivity contribution in [3.63, 3.8) is 0 Å². The molecule has 0 saturated heterocycles. The zero-order chi connectivity index (χ0) is 17.1. The van der Waals surface area contributed by atoms with Crippen molar-refractivity contribution in [2.24, 2.45) is 5.10 Å². The Labute approximate surface area is 143 Å². The summed E-state index contributed by atoms with van der Waals surface area (Å²) in [7, 11) is 0. The minimum Gasteiger partial charge on any atom is -0.318 e. The van der Waals surface area contributed by atoms with Crippen molar-refractivity contribution in [2.75, 3.05) is 5.43 Å². The molecule has 0 spiro atoms. The number of hydrogen-bond donors (Lipinski definition) is 1. The minimum atomic E-state index is 0.983. The van der Waals surface area contributed by atoms with Gasteiger partial charge in [-0.2, -0.15) is 5.10 Å². The lowest BCUT2D eigenvalue weighted by molar-refractivity contribution is 0.960. The van der Waals surface area contributed by atoms with Gasteiger partial charge in [0, 0.05) is 22.6 Å². The molecule has 0 bridgehead atoms. The number of nitrogens with one attached hydrogen (secondary N) is 1. The molecule has 0 aliphatic heterocycles. The van der Waals surface area contributed by atoms with Gasteiger partial charge in [-0.15, -0.1) is 0 Å². The van der Waals surface area contributed by atoms with E-state index >= 15 is 0 Å². The highest BCUT2D eigenvalue weighted by Gasteiger charge is 2.10. The van der Waals surface area contributed by atoms with E-state index in [1.807, 2.05) is 36.5 Å². The summed E-state index contributed by atoms with van der Waals surface area (Å²) in [5.74, 6) is 0. The van der Waals surface area contributed by atoms with E-state index in [0.717, 1.165) is 11.3 Å². The van der Waals surface area contributed by atoms with Gasteiger partial charge in [0.05, 0.1) is 11.9 Å². The van der Waals surface area contributed by atoms with E-state index in [9.17, 15) is 0 Å². The summed E-state index contributed by atoms with van der Waals surface area (Å²) < 4.78 is 2.28. The lowest BCUT2D eigenvalue weighted by atomic mass is 10.1. The second-order valence-corrected chi connectivity index (χ2v) is 6.24. The van der Waals surface area contributed by atoms with Crippen LogP contribution in [0.15, 0.2) is 59.7 Å². The summed E-state index contributed by atoms with van der Waals surface area (Å²) >= 11 is 0. The van der Waals surface area contributed by atoms with Gasteiger partial charge in [0.2, 0.25) is 0 Å². The smallest absolute Gasteiger partial charge is 0.0562 e. The SMILES string of the molecule is Cc1cc(C)cc(-n2c(C)cc(/C=N\Nc3ccccc3)c2C)c1. The first kappa shape index (κ1) is 16.1. The third kappa shape index (κ3) is 3.40. The number of para-hydroxylation sites is 1. The van der Waals surface area contributed by atoms with Crippen LogP contribution >= 0.6 is 0 Å². The second kappa shape index (κ2) is 6.75. The van der Waals surface area contributed by atoms with Gasteiger partial charge >= 0.3 is 0 Å². The molecule has 1 aromatic heterocycles. The zero-order valence-electron chi connectivity index (χ0n) is 14.7. The van der Waals surface area contributed by atoms with Crippen molar-refractivity contribution < 1.29 is 0 Å². The Hall–Kier alpha value is -2.81. The molecule has 122 valence electrons. The maximum absolute atomic E-state index is 4.37. The molecule has 0 unspecified atom stereocenters. The first-order valence-electron chi connectivity index (χ1n) is 8.16. The Morgan fingerprint density at radius 1 is 0.875 bits per heavy atom. The Balaban J connectivity index is 1.89. The van der Waals surface area contributed by atoms with E-state index in [2.05, 4.69) is 67.1 Å². The fourth-order valence-corrected chi connectivity index (χ4v) is 3.08. The standard InChI is InChI=1S/C21H23N3/c1-15-10-16(2)12-21(11-15)24-17(3)13-19(18(24)4)14-22-23-20-8-6-5-7-9-20/h5-14,23H,1-4H3/b22-14-. The average Bonchev–Trinajstić information content (AvgIpc) is 2.81. The summed E-state index contributed by atoms with van der Waals surface area (Å²) in [6, 6.07) is 18.8. The van der Waals surface area contributed by atoms with Crippen LogP contribution in [0.2, 0.25) is 0 Å². The van der Waals surface area contributed by atoms with E-state index in [1.165, 1.54) is 28.2 Å². The van der Waals surface area contributed by atoms with Crippen molar-refractivity contribution >= 4 is 11.9 Å². The van der Waals surface area contributed by atoms with E-state index in [4.69, 9.17) is 0 Å². The number of anilines is 1. The maximum atomic E-state index is 4.37. The van der Waals surface area contributed by atoms with E-state index in [-0.39, 0.29) is 0 Å². The summed E-state index contributed by atoms with van der Waals surface area (Å²) in [6.07, 6.45) is 1.88. The highest BCUT2D eigenvalue weighted by molar-refractivity contribution is 5.82. The number of benzene rings is 2. The molecule has 3 rings (SSSR count). The van der Waals surface area contributed by atoms with Crippen LogP contribution in [0.1, 0.15) is 28.1 Å². The normalized spacial score (nSPS) is 11.2. The van der Waals surface area contributed by atoms with Gasteiger partial charge < -0.3 is 4.57 Å². The summed E-state index contributed by atoms with van der Waals surface area (Å²) in [5, 5.41) is 4.37. The van der Waals surface area contributed by atoms with Crippen LogP contribution in [-0.4, -0.2) is 10.8 Å². The minimum absolute atomic E-state index is 0.983. The van der Waals surface area contributed by atoms with Gasteiger partial charge in [-0.3, -0.25) is 5.43 Å². The fourth-order valence-electron chi connectivity index (χ4n) is 3.08. The Kier molecular flexibility index (Phi) is 4.52. The van der Waals surface area contributed by atoms with Crippen molar-refractivity contribution in [3.05, 3.63) is 82.7 Å². The summed E-state index contributed by atoms with van der Waals surface area (Å²) in [6.45, 7) is 8.54. The molecule has 2 aromatic carbocycles. The van der Waals surface area contributed by atoms with Crippen molar-refractivity contribution in [2.45, 2.75) is 27.7 Å². The molecule has 1 heterocycles. The fraction of sp³-hybridized carbons (Fsp3) is 0.190. The van der Waals surface area contributed by atoms with Gasteiger partial charge in [-0.25, -0.2) is 0 Å². The first-order valence-corrected chi connectivity index (χ1v) is 8.16. The largest absolute Gasteiger partial charge is 0.318 e. The molecule has 3 nitrogen and oxygen atoms in total. The molecule has 0 amide bonds. The van der Waals surface area contributed by atoms with E-state index in [0.29, 0.717) is 0 Å². The monoisotopic (exact) mass is 317 g/mol. The van der Waals surface area contributed by atoms with Gasteiger partial charge in [0.25, 0.3) is 0 Å². The second-order valence-electron chi connectivity index (χ2n) is 6.24. The van der Waals surface area contributed by atoms with Gasteiger partial charge in [-0.05, 0) is 69.2 Å². The van der Waals surface area contributed by atoms with Gasteiger partial charge in [0.15, 0.2) is 0 Å². The average molecular weight is 317 g/mol. The molecule has 3 heteroatoms. The van der Waals surface area contributed by atoms with Gasteiger partial charge in [0.1, 0.15) is 0 Å². The quantitative estimate of drug-likeness (QED) is 0.523.